The quantitative estimate of drug-likeness (QED) is 0.437. The number of primary amides is 1. The number of hydrogen-bond acceptors (Lipinski definition) is 4. The third-order valence-corrected chi connectivity index (χ3v) is 8.21. The average molecular weight is 493 g/mol. The van der Waals surface area contributed by atoms with Crippen LogP contribution in [0.5, 0.6) is 0 Å². The number of benzodiazepines with no additional fused rings is 1. The second-order valence-electron chi connectivity index (χ2n) is 11.1. The van der Waals surface area contributed by atoms with E-state index in [1.165, 1.54) is 12.8 Å². The van der Waals surface area contributed by atoms with Crippen molar-refractivity contribution in [2.24, 2.45) is 33.9 Å². The Morgan fingerprint density at radius 1 is 1.11 bits per heavy atom. The van der Waals surface area contributed by atoms with Crippen molar-refractivity contribution >= 4 is 29.1 Å². The number of anilines is 1. The average Bonchev–Trinajstić information content (AvgIpc) is 3.16. The minimum atomic E-state index is -1.04. The lowest BCUT2D eigenvalue weighted by atomic mass is 9.69. The topological polar surface area (TPSA) is 105 Å². The van der Waals surface area contributed by atoms with E-state index in [1.54, 1.807) is 11.9 Å². The van der Waals surface area contributed by atoms with Gasteiger partial charge in [-0.05, 0) is 44.1 Å². The molecule has 2 aliphatic carbocycles. The molecule has 0 saturated heterocycles. The first-order chi connectivity index (χ1) is 17.2. The summed E-state index contributed by atoms with van der Waals surface area (Å²) < 4.78 is 0. The molecule has 7 nitrogen and oxygen atoms in total. The predicted molar refractivity (Wildman–Crippen MR) is 142 cm³/mol. The van der Waals surface area contributed by atoms with E-state index >= 15 is 0 Å². The van der Waals surface area contributed by atoms with Crippen molar-refractivity contribution in [3.8, 4) is 0 Å². The van der Waals surface area contributed by atoms with Gasteiger partial charge in [-0.3, -0.25) is 19.4 Å². The SMILES string of the molecule is CC(C)CC(C(=O)NC1N=C(C2CCCCCC2)c2ccccc2N(C)C1=O)C1(C(N)=O)CC=CC1. The van der Waals surface area contributed by atoms with Gasteiger partial charge >= 0.3 is 0 Å². The lowest BCUT2D eigenvalue weighted by molar-refractivity contribution is -0.141. The number of para-hydroxylation sites is 1. The lowest BCUT2D eigenvalue weighted by Gasteiger charge is -2.35. The van der Waals surface area contributed by atoms with Crippen LogP contribution in [0.2, 0.25) is 0 Å². The molecule has 4 rings (SSSR count). The molecule has 1 heterocycles. The molecule has 194 valence electrons. The van der Waals surface area contributed by atoms with E-state index in [1.807, 2.05) is 50.3 Å². The number of carbonyl (C=O) groups is 3. The lowest BCUT2D eigenvalue weighted by Crippen LogP contribution is -2.53. The van der Waals surface area contributed by atoms with Crippen LogP contribution in [0.3, 0.4) is 0 Å². The first-order valence-electron chi connectivity index (χ1n) is 13.4. The van der Waals surface area contributed by atoms with Crippen LogP contribution in [0.25, 0.3) is 0 Å². The van der Waals surface area contributed by atoms with E-state index in [0.717, 1.165) is 42.6 Å². The van der Waals surface area contributed by atoms with Crippen molar-refractivity contribution in [1.29, 1.82) is 0 Å². The number of nitrogens with one attached hydrogen (secondary N) is 1. The molecule has 1 aromatic carbocycles. The zero-order chi connectivity index (χ0) is 25.9. The third-order valence-electron chi connectivity index (χ3n) is 8.21. The van der Waals surface area contributed by atoms with E-state index in [2.05, 4.69) is 5.32 Å². The predicted octanol–water partition coefficient (Wildman–Crippen LogP) is 4.35. The molecule has 2 atom stereocenters. The normalized spacial score (nSPS) is 23.0. The fourth-order valence-electron chi connectivity index (χ4n) is 6.14. The molecule has 0 radical (unpaired) electrons. The van der Waals surface area contributed by atoms with E-state index in [0.29, 0.717) is 19.3 Å². The van der Waals surface area contributed by atoms with E-state index in [4.69, 9.17) is 10.7 Å². The minimum absolute atomic E-state index is 0.180. The Hall–Kier alpha value is -2.96. The van der Waals surface area contributed by atoms with Crippen LogP contribution in [0, 0.1) is 23.2 Å². The zero-order valence-corrected chi connectivity index (χ0v) is 21.8. The highest BCUT2D eigenvalue weighted by molar-refractivity contribution is 6.14. The summed E-state index contributed by atoms with van der Waals surface area (Å²) >= 11 is 0. The van der Waals surface area contributed by atoms with Gasteiger partial charge in [0, 0.05) is 18.5 Å². The second-order valence-corrected chi connectivity index (χ2v) is 11.1. The number of likely N-dealkylation sites (N-methyl/N-ethyl adjacent to an activating group) is 1. The van der Waals surface area contributed by atoms with E-state index in [-0.39, 0.29) is 23.7 Å². The summed E-state index contributed by atoms with van der Waals surface area (Å²) in [5, 5.41) is 2.97. The Balaban J connectivity index is 1.70. The highest BCUT2D eigenvalue weighted by Crippen LogP contribution is 2.43. The molecule has 0 bridgehead atoms. The van der Waals surface area contributed by atoms with Gasteiger partial charge in [-0.15, -0.1) is 0 Å². The monoisotopic (exact) mass is 492 g/mol. The van der Waals surface area contributed by atoms with Crippen LogP contribution < -0.4 is 16.0 Å². The summed E-state index contributed by atoms with van der Waals surface area (Å²) in [7, 11) is 1.74. The van der Waals surface area contributed by atoms with Gasteiger partial charge in [0.1, 0.15) is 0 Å². The van der Waals surface area contributed by atoms with Gasteiger partial charge in [0.25, 0.3) is 5.91 Å². The van der Waals surface area contributed by atoms with E-state index in [9.17, 15) is 14.4 Å². The molecule has 3 N–H and O–H groups in total. The molecule has 1 fully saturated rings. The van der Waals surface area contributed by atoms with Crippen molar-refractivity contribution < 1.29 is 14.4 Å². The Labute approximate surface area is 214 Å². The van der Waals surface area contributed by atoms with Crippen LogP contribution in [-0.4, -0.2) is 36.6 Å². The van der Waals surface area contributed by atoms with E-state index < -0.39 is 23.4 Å². The summed E-state index contributed by atoms with van der Waals surface area (Å²) in [6, 6.07) is 7.87. The maximum absolute atomic E-state index is 13.8. The number of carbonyl (C=O) groups excluding carboxylic acids is 3. The largest absolute Gasteiger partial charge is 0.369 e. The van der Waals surface area contributed by atoms with Gasteiger partial charge in [0.05, 0.1) is 22.7 Å². The molecule has 36 heavy (non-hydrogen) atoms. The maximum Gasteiger partial charge on any atom is 0.272 e. The summed E-state index contributed by atoms with van der Waals surface area (Å²) in [6.45, 7) is 4.06. The number of rotatable bonds is 7. The summed E-state index contributed by atoms with van der Waals surface area (Å²) in [6.07, 6.45) is 10.9. The van der Waals surface area contributed by atoms with Crippen LogP contribution in [0.1, 0.15) is 77.2 Å². The highest BCUT2D eigenvalue weighted by atomic mass is 16.2. The van der Waals surface area contributed by atoms with Gasteiger partial charge < -0.3 is 16.0 Å². The first-order valence-corrected chi connectivity index (χ1v) is 13.4. The van der Waals surface area contributed by atoms with Gasteiger partial charge in [-0.25, -0.2) is 0 Å². The smallest absolute Gasteiger partial charge is 0.272 e. The number of benzene rings is 1. The van der Waals surface area contributed by atoms with Crippen molar-refractivity contribution in [1.82, 2.24) is 5.32 Å². The molecule has 2 unspecified atom stereocenters. The van der Waals surface area contributed by atoms with Crippen LogP contribution in [-0.2, 0) is 14.4 Å². The molecule has 1 saturated carbocycles. The number of hydrogen-bond donors (Lipinski definition) is 2. The first kappa shape index (κ1) is 26.1. The number of allylic oxidation sites excluding steroid dienone is 2. The highest BCUT2D eigenvalue weighted by Gasteiger charge is 2.49. The third kappa shape index (κ3) is 5.11. The van der Waals surface area contributed by atoms with Gasteiger partial charge in [-0.2, -0.15) is 0 Å². The number of nitrogens with two attached hydrogens (primary N) is 1. The van der Waals surface area contributed by atoms with Crippen molar-refractivity contribution in [3.63, 3.8) is 0 Å². The van der Waals surface area contributed by atoms with Crippen molar-refractivity contribution in [2.45, 2.75) is 77.8 Å². The molecular formula is C29H40N4O3. The Morgan fingerprint density at radius 3 is 2.36 bits per heavy atom. The zero-order valence-electron chi connectivity index (χ0n) is 21.8. The fraction of sp³-hybridized carbons (Fsp3) is 0.586. The Bertz CT molecular complexity index is 1040. The standard InChI is InChI=1S/C29H40N4O3/c1-19(2)18-22(29(28(30)36)16-10-11-17-29)26(34)32-25-27(35)33(3)23-15-9-8-14-21(23)24(31-25)20-12-6-4-5-7-13-20/h8-11,14-15,19-20,22,25H,4-7,12-13,16-18H2,1-3H3,(H2,30,36)(H,32,34). The summed E-state index contributed by atoms with van der Waals surface area (Å²) in [5.74, 6) is -1.28. The van der Waals surface area contributed by atoms with Crippen molar-refractivity contribution in [3.05, 3.63) is 42.0 Å². The number of nitrogens with zero attached hydrogens (tertiary/aromatic N) is 2. The van der Waals surface area contributed by atoms with Gasteiger partial charge in [-0.1, -0.05) is 69.9 Å². The summed E-state index contributed by atoms with van der Waals surface area (Å²) in [5.41, 5.74) is 7.60. The molecule has 0 aromatic heterocycles. The van der Waals surface area contributed by atoms with Gasteiger partial charge in [0.15, 0.2) is 0 Å². The van der Waals surface area contributed by atoms with Crippen molar-refractivity contribution in [2.75, 3.05) is 11.9 Å². The van der Waals surface area contributed by atoms with Crippen LogP contribution in [0.4, 0.5) is 5.69 Å². The second kappa shape index (κ2) is 11.0. The molecule has 3 aliphatic rings. The molecule has 1 aliphatic heterocycles. The molecule has 0 spiro atoms. The number of aliphatic imine (C=N–C) groups is 1. The fourth-order valence-corrected chi connectivity index (χ4v) is 6.14. The number of fused-ring (bicyclic) bond motifs is 1. The number of amides is 3. The van der Waals surface area contributed by atoms with Gasteiger partial charge in [0.2, 0.25) is 18.0 Å². The minimum Gasteiger partial charge on any atom is -0.369 e. The molecule has 1 aromatic rings. The molecule has 3 amide bonds. The van der Waals surface area contributed by atoms with Crippen LogP contribution in [0.15, 0.2) is 41.4 Å². The Kier molecular flexibility index (Phi) is 7.96. The summed E-state index contributed by atoms with van der Waals surface area (Å²) in [4.78, 5) is 46.7. The van der Waals surface area contributed by atoms with Crippen LogP contribution >= 0.6 is 0 Å². The molecular weight excluding hydrogens is 452 g/mol. The Morgan fingerprint density at radius 2 is 1.75 bits per heavy atom. The maximum atomic E-state index is 13.8. The molecule has 7 heteroatoms.